The normalized spacial score (nSPS) is 11.8. The van der Waals surface area contributed by atoms with Gasteiger partial charge in [-0.15, -0.1) is 0 Å². The van der Waals surface area contributed by atoms with E-state index in [2.05, 4.69) is 283 Å². The molecule has 13 aromatic rings. The van der Waals surface area contributed by atoms with E-state index in [0.29, 0.717) is 0 Å². The van der Waals surface area contributed by atoms with Gasteiger partial charge in [-0.25, -0.2) is 4.98 Å². The van der Waals surface area contributed by atoms with E-state index >= 15 is 0 Å². The Morgan fingerprint density at radius 3 is 1.39 bits per heavy atom. The molecule has 3 heterocycles. The molecular formula is C66H47N3Si. The van der Waals surface area contributed by atoms with Gasteiger partial charge in [0.2, 0.25) is 0 Å². The summed E-state index contributed by atoms with van der Waals surface area (Å²) >= 11 is 0. The van der Waals surface area contributed by atoms with Gasteiger partial charge in [0.25, 0.3) is 0 Å². The van der Waals surface area contributed by atoms with Crippen LogP contribution in [0.3, 0.4) is 0 Å². The smallest absolute Gasteiger partial charge is 0.179 e. The molecule has 0 aliphatic carbocycles. The minimum atomic E-state index is -2.70. The van der Waals surface area contributed by atoms with E-state index in [1.54, 1.807) is 0 Å². The number of benzene rings is 10. The third kappa shape index (κ3) is 6.83. The molecule has 0 N–H and O–H groups in total. The summed E-state index contributed by atoms with van der Waals surface area (Å²) in [5, 5.41) is 10.3. The Hall–Kier alpha value is -8.83. The third-order valence-electron chi connectivity index (χ3n) is 14.4. The summed E-state index contributed by atoms with van der Waals surface area (Å²) in [6.07, 6.45) is 0. The van der Waals surface area contributed by atoms with Crippen molar-refractivity contribution < 1.29 is 0 Å². The van der Waals surface area contributed by atoms with E-state index in [1.807, 2.05) is 0 Å². The molecule has 0 aliphatic heterocycles. The van der Waals surface area contributed by atoms with Crippen LogP contribution in [0.1, 0.15) is 5.56 Å². The first-order valence-corrected chi connectivity index (χ1v) is 26.1. The van der Waals surface area contributed by atoms with Crippen LogP contribution in [0.25, 0.3) is 88.6 Å². The lowest BCUT2D eigenvalue weighted by Crippen LogP contribution is -2.74. The fourth-order valence-electron chi connectivity index (χ4n) is 11.1. The van der Waals surface area contributed by atoms with Crippen molar-refractivity contribution in [3.05, 3.63) is 272 Å². The molecule has 330 valence electrons. The molecule has 0 saturated heterocycles. The summed E-state index contributed by atoms with van der Waals surface area (Å²) in [6, 6.07) is 98.1. The second-order valence-electron chi connectivity index (χ2n) is 18.4. The zero-order valence-corrected chi connectivity index (χ0v) is 39.7. The number of fused-ring (bicyclic) bond motifs is 6. The highest BCUT2D eigenvalue weighted by molar-refractivity contribution is 7.19. The van der Waals surface area contributed by atoms with Gasteiger partial charge in [-0.2, -0.15) is 0 Å². The van der Waals surface area contributed by atoms with Crippen molar-refractivity contribution in [2.45, 2.75) is 6.92 Å². The van der Waals surface area contributed by atoms with E-state index in [-0.39, 0.29) is 0 Å². The molecule has 0 spiro atoms. The number of rotatable bonds is 9. The van der Waals surface area contributed by atoms with Crippen LogP contribution in [0, 0.1) is 6.92 Å². The molecule has 0 bridgehead atoms. The quantitative estimate of drug-likeness (QED) is 0.105. The number of nitrogens with zero attached hydrogens (tertiary/aromatic N) is 3. The van der Waals surface area contributed by atoms with Crippen molar-refractivity contribution in [1.29, 1.82) is 0 Å². The average molecular weight is 910 g/mol. The monoisotopic (exact) mass is 909 g/mol. The maximum absolute atomic E-state index is 5.60. The highest BCUT2D eigenvalue weighted by atomic mass is 28.3. The summed E-state index contributed by atoms with van der Waals surface area (Å²) in [7, 11) is -2.70. The molecule has 4 heteroatoms. The van der Waals surface area contributed by atoms with Crippen LogP contribution in [0.2, 0.25) is 0 Å². The topological polar surface area (TPSA) is 22.8 Å². The van der Waals surface area contributed by atoms with Crippen molar-refractivity contribution in [2.24, 2.45) is 0 Å². The SMILES string of the molecule is Cc1ccc(-c2cc(-c3ccc([Si](c4ccccc4)(c4ccccc4)c4ccccc4)cc3)nc(-n3c4ccccc4c4cc(-c5ccc6c7ccccc7n(-c7ccccc7)c6c5)ccc43)c2)cc1. The van der Waals surface area contributed by atoms with Crippen LogP contribution in [-0.4, -0.2) is 22.2 Å². The van der Waals surface area contributed by atoms with Crippen molar-refractivity contribution in [1.82, 2.24) is 14.1 Å². The van der Waals surface area contributed by atoms with Crippen LogP contribution < -0.4 is 20.7 Å². The Balaban J connectivity index is 0.974. The van der Waals surface area contributed by atoms with E-state index in [1.165, 1.54) is 70.0 Å². The molecule has 3 aromatic heterocycles. The van der Waals surface area contributed by atoms with Gasteiger partial charge in [-0.3, -0.25) is 4.57 Å². The lowest BCUT2D eigenvalue weighted by molar-refractivity contribution is 1.08. The predicted octanol–water partition coefficient (Wildman–Crippen LogP) is 14.0. The Morgan fingerprint density at radius 2 is 0.757 bits per heavy atom. The number of pyridine rings is 1. The van der Waals surface area contributed by atoms with E-state index in [0.717, 1.165) is 44.9 Å². The Labute approximate surface area is 408 Å². The highest BCUT2D eigenvalue weighted by Crippen LogP contribution is 2.39. The first-order chi connectivity index (χ1) is 34.6. The van der Waals surface area contributed by atoms with Gasteiger partial charge in [-0.05, 0) is 105 Å². The molecule has 0 aliphatic rings. The molecule has 70 heavy (non-hydrogen) atoms. The number of hydrogen-bond donors (Lipinski definition) is 0. The van der Waals surface area contributed by atoms with Crippen molar-refractivity contribution >= 4 is 72.4 Å². The number of hydrogen-bond acceptors (Lipinski definition) is 1. The van der Waals surface area contributed by atoms with Gasteiger partial charge in [-0.1, -0.05) is 218 Å². The summed E-state index contributed by atoms with van der Waals surface area (Å²) in [5.41, 5.74) is 13.6. The Kier molecular flexibility index (Phi) is 10.1. The average Bonchev–Trinajstić information content (AvgIpc) is 3.95. The first kappa shape index (κ1) is 41.4. The highest BCUT2D eigenvalue weighted by Gasteiger charge is 2.41. The van der Waals surface area contributed by atoms with Crippen LogP contribution in [-0.2, 0) is 0 Å². The van der Waals surface area contributed by atoms with E-state index in [4.69, 9.17) is 4.98 Å². The summed E-state index contributed by atoms with van der Waals surface area (Å²) in [5.74, 6) is 0.881. The van der Waals surface area contributed by atoms with Gasteiger partial charge in [0.05, 0.1) is 27.8 Å². The predicted molar refractivity (Wildman–Crippen MR) is 298 cm³/mol. The third-order valence-corrected chi connectivity index (χ3v) is 19.2. The lowest BCUT2D eigenvalue weighted by atomic mass is 10.0. The van der Waals surface area contributed by atoms with Crippen LogP contribution in [0.5, 0.6) is 0 Å². The standard InChI is InChI=1S/C66H47N3Si/c1-46-30-32-47(33-31-46)51-43-61(48-34-38-56(39-35-48)70(53-20-8-3-9-21-53,54-22-10-4-11-23-54)55-24-12-5-13-25-55)67-66(45-51)69-63-29-17-15-27-58(63)60-42-49(37-41-64(60)69)50-36-40-59-57-26-14-16-28-62(57)68(65(59)44-50)52-18-6-2-7-19-52/h2-45H,1H3. The second-order valence-corrected chi connectivity index (χ2v) is 22.2. The summed E-state index contributed by atoms with van der Waals surface area (Å²) < 4.78 is 4.75. The first-order valence-electron chi connectivity index (χ1n) is 24.1. The fraction of sp³-hybridized carbons (Fsp3) is 0.0152. The Bertz CT molecular complexity index is 3930. The van der Waals surface area contributed by atoms with Crippen molar-refractivity contribution in [2.75, 3.05) is 0 Å². The molecule has 0 radical (unpaired) electrons. The largest absolute Gasteiger partial charge is 0.309 e. The summed E-state index contributed by atoms with van der Waals surface area (Å²) in [6.45, 7) is 2.14. The second kappa shape index (κ2) is 17.0. The van der Waals surface area contributed by atoms with Crippen LogP contribution >= 0.6 is 0 Å². The molecule has 0 amide bonds. The van der Waals surface area contributed by atoms with Gasteiger partial charge >= 0.3 is 0 Å². The molecule has 3 nitrogen and oxygen atoms in total. The molecular weight excluding hydrogens is 863 g/mol. The van der Waals surface area contributed by atoms with Crippen LogP contribution in [0.15, 0.2) is 267 Å². The Morgan fingerprint density at radius 1 is 0.300 bits per heavy atom. The van der Waals surface area contributed by atoms with E-state index in [9.17, 15) is 0 Å². The lowest BCUT2D eigenvalue weighted by Gasteiger charge is -2.34. The van der Waals surface area contributed by atoms with E-state index < -0.39 is 8.07 Å². The molecule has 0 atom stereocenters. The van der Waals surface area contributed by atoms with Gasteiger partial charge < -0.3 is 4.57 Å². The van der Waals surface area contributed by atoms with Crippen LogP contribution in [0.4, 0.5) is 0 Å². The van der Waals surface area contributed by atoms with Gasteiger partial charge in [0, 0.05) is 32.8 Å². The maximum Gasteiger partial charge on any atom is 0.179 e. The number of aromatic nitrogens is 3. The number of aryl methyl sites for hydroxylation is 1. The minimum absolute atomic E-state index is 0.881. The van der Waals surface area contributed by atoms with Crippen molar-refractivity contribution in [3.63, 3.8) is 0 Å². The minimum Gasteiger partial charge on any atom is -0.309 e. The van der Waals surface area contributed by atoms with Gasteiger partial charge in [0.1, 0.15) is 5.82 Å². The molecule has 10 aromatic carbocycles. The fourth-order valence-corrected chi connectivity index (χ4v) is 15.8. The number of para-hydroxylation sites is 3. The van der Waals surface area contributed by atoms with Crippen molar-refractivity contribution in [3.8, 4) is 45.0 Å². The molecule has 13 rings (SSSR count). The zero-order chi connectivity index (χ0) is 46.6. The summed E-state index contributed by atoms with van der Waals surface area (Å²) in [4.78, 5) is 5.60. The van der Waals surface area contributed by atoms with Gasteiger partial charge in [0.15, 0.2) is 8.07 Å². The molecule has 0 unspecified atom stereocenters. The molecule has 0 fully saturated rings. The molecule has 0 saturated carbocycles. The zero-order valence-electron chi connectivity index (χ0n) is 38.7. The maximum atomic E-state index is 5.60.